The van der Waals surface area contributed by atoms with Crippen LogP contribution >= 0.6 is 0 Å². The second-order valence-corrected chi connectivity index (χ2v) is 9.26. The van der Waals surface area contributed by atoms with E-state index in [-0.39, 0.29) is 24.2 Å². The maximum absolute atomic E-state index is 13.8. The minimum absolute atomic E-state index is 0.0641. The molecule has 35 heavy (non-hydrogen) atoms. The molecule has 0 aliphatic carbocycles. The molecule has 0 saturated carbocycles. The van der Waals surface area contributed by atoms with Crippen LogP contribution in [0.3, 0.4) is 0 Å². The summed E-state index contributed by atoms with van der Waals surface area (Å²) in [4.78, 5) is 28.5. The molecular weight excluding hydrogens is 436 g/mol. The van der Waals surface area contributed by atoms with Crippen LogP contribution in [0.1, 0.15) is 49.8 Å². The largest absolute Gasteiger partial charge is 0.497 e. The highest BCUT2D eigenvalue weighted by Gasteiger charge is 2.29. The van der Waals surface area contributed by atoms with Crippen molar-refractivity contribution >= 4 is 11.8 Å². The molecule has 0 spiro atoms. The summed E-state index contributed by atoms with van der Waals surface area (Å²) in [5.74, 6) is 0.774. The van der Waals surface area contributed by atoms with Gasteiger partial charge in [-0.3, -0.25) is 9.59 Å². The first-order chi connectivity index (χ1) is 16.9. The summed E-state index contributed by atoms with van der Waals surface area (Å²) in [7, 11) is 1.62. The molecule has 0 saturated heterocycles. The lowest BCUT2D eigenvalue weighted by atomic mass is 9.88. The third-order valence-electron chi connectivity index (χ3n) is 6.15. The van der Waals surface area contributed by atoms with Gasteiger partial charge in [0.2, 0.25) is 11.8 Å². The molecule has 3 aromatic rings. The van der Waals surface area contributed by atoms with E-state index in [1.807, 2.05) is 60.7 Å². The van der Waals surface area contributed by atoms with Gasteiger partial charge >= 0.3 is 0 Å². The molecule has 0 fully saturated rings. The maximum Gasteiger partial charge on any atom is 0.242 e. The number of nitrogens with zero attached hydrogens (tertiary/aromatic N) is 1. The maximum atomic E-state index is 13.8. The van der Waals surface area contributed by atoms with E-state index >= 15 is 0 Å². The van der Waals surface area contributed by atoms with Crippen molar-refractivity contribution in [3.63, 3.8) is 0 Å². The van der Waals surface area contributed by atoms with E-state index in [4.69, 9.17) is 4.74 Å². The number of hydrogen-bond acceptors (Lipinski definition) is 3. The molecule has 0 aromatic heterocycles. The topological polar surface area (TPSA) is 58.6 Å². The number of carbonyl (C=O) groups excluding carboxylic acids is 2. The van der Waals surface area contributed by atoms with Gasteiger partial charge in [-0.25, -0.2) is 0 Å². The highest BCUT2D eigenvalue weighted by atomic mass is 16.5. The van der Waals surface area contributed by atoms with Crippen molar-refractivity contribution < 1.29 is 14.3 Å². The van der Waals surface area contributed by atoms with Gasteiger partial charge < -0.3 is 15.0 Å². The van der Waals surface area contributed by atoms with Crippen LogP contribution in [0.4, 0.5) is 0 Å². The van der Waals surface area contributed by atoms with E-state index in [1.54, 1.807) is 18.9 Å². The predicted octanol–water partition coefficient (Wildman–Crippen LogP) is 5.41. The molecule has 2 amide bonds. The van der Waals surface area contributed by atoms with Crippen molar-refractivity contribution in [1.29, 1.82) is 0 Å². The Balaban J connectivity index is 1.88. The Bertz CT molecular complexity index is 1030. The van der Waals surface area contributed by atoms with Gasteiger partial charge in [-0.2, -0.15) is 0 Å². The minimum Gasteiger partial charge on any atom is -0.497 e. The summed E-state index contributed by atoms with van der Waals surface area (Å²) in [5, 5.41) is 2.99. The van der Waals surface area contributed by atoms with E-state index in [9.17, 15) is 9.59 Å². The van der Waals surface area contributed by atoms with Gasteiger partial charge in [0.05, 0.1) is 7.11 Å². The minimum atomic E-state index is -0.601. The molecule has 3 aromatic carbocycles. The Labute approximate surface area is 209 Å². The SMILES string of the molecule is COc1ccc(CN(C(=O)CC(c2ccccc2)c2ccccc2)[C@H](C)C(=O)NCC(C)C)cc1. The molecule has 0 bridgehead atoms. The number of methoxy groups -OCH3 is 1. The zero-order chi connectivity index (χ0) is 25.2. The summed E-state index contributed by atoms with van der Waals surface area (Å²) >= 11 is 0. The smallest absolute Gasteiger partial charge is 0.242 e. The van der Waals surface area contributed by atoms with Crippen LogP contribution in [0.5, 0.6) is 5.75 Å². The van der Waals surface area contributed by atoms with Crippen molar-refractivity contribution in [2.75, 3.05) is 13.7 Å². The molecule has 0 aliphatic rings. The number of amides is 2. The van der Waals surface area contributed by atoms with Crippen LogP contribution in [-0.2, 0) is 16.1 Å². The summed E-state index contributed by atoms with van der Waals surface area (Å²) in [6.07, 6.45) is 0.270. The van der Waals surface area contributed by atoms with Crippen molar-refractivity contribution in [3.8, 4) is 5.75 Å². The molecule has 0 radical (unpaired) electrons. The zero-order valence-electron chi connectivity index (χ0n) is 21.1. The molecule has 5 heteroatoms. The molecule has 0 heterocycles. The quantitative estimate of drug-likeness (QED) is 0.406. The van der Waals surface area contributed by atoms with E-state index in [0.717, 1.165) is 22.4 Å². The summed E-state index contributed by atoms with van der Waals surface area (Å²) in [5.41, 5.74) is 3.10. The van der Waals surface area contributed by atoms with Crippen LogP contribution < -0.4 is 10.1 Å². The molecule has 3 rings (SSSR count). The van der Waals surface area contributed by atoms with Gasteiger partial charge in [0.1, 0.15) is 11.8 Å². The molecule has 0 unspecified atom stereocenters. The fourth-order valence-electron chi connectivity index (χ4n) is 4.05. The average molecular weight is 473 g/mol. The lowest BCUT2D eigenvalue weighted by Crippen LogP contribution is -2.48. The van der Waals surface area contributed by atoms with Gasteiger partial charge in [0.15, 0.2) is 0 Å². The third kappa shape index (κ3) is 7.44. The Hall–Kier alpha value is -3.60. The first-order valence-electron chi connectivity index (χ1n) is 12.2. The summed E-state index contributed by atoms with van der Waals surface area (Å²) in [6.45, 7) is 6.82. The molecule has 0 aliphatic heterocycles. The Morgan fingerprint density at radius 2 is 1.37 bits per heavy atom. The second-order valence-electron chi connectivity index (χ2n) is 9.26. The van der Waals surface area contributed by atoms with E-state index in [0.29, 0.717) is 19.0 Å². The standard InChI is InChI=1S/C30H36N2O3/c1-22(2)20-31-30(34)23(3)32(21-24-15-17-27(35-4)18-16-24)29(33)19-28(25-11-7-5-8-12-25)26-13-9-6-10-14-26/h5-18,22-23,28H,19-21H2,1-4H3,(H,31,34)/t23-/m1/s1. The number of rotatable bonds is 11. The molecule has 1 N–H and O–H groups in total. The van der Waals surface area contributed by atoms with Crippen LogP contribution in [-0.4, -0.2) is 36.4 Å². The first kappa shape index (κ1) is 26.0. The Morgan fingerprint density at radius 1 is 0.829 bits per heavy atom. The van der Waals surface area contributed by atoms with Crippen LogP contribution in [0.15, 0.2) is 84.9 Å². The predicted molar refractivity (Wildman–Crippen MR) is 140 cm³/mol. The van der Waals surface area contributed by atoms with Crippen molar-refractivity contribution in [1.82, 2.24) is 10.2 Å². The number of ether oxygens (including phenoxy) is 1. The number of benzene rings is 3. The zero-order valence-corrected chi connectivity index (χ0v) is 21.1. The number of carbonyl (C=O) groups is 2. The Morgan fingerprint density at radius 3 is 1.86 bits per heavy atom. The third-order valence-corrected chi connectivity index (χ3v) is 6.15. The van der Waals surface area contributed by atoms with Crippen molar-refractivity contribution in [2.45, 2.75) is 45.7 Å². The van der Waals surface area contributed by atoms with Crippen molar-refractivity contribution in [2.24, 2.45) is 5.92 Å². The van der Waals surface area contributed by atoms with Crippen LogP contribution in [0.25, 0.3) is 0 Å². The highest BCUT2D eigenvalue weighted by molar-refractivity contribution is 5.87. The lowest BCUT2D eigenvalue weighted by molar-refractivity contribution is -0.140. The highest BCUT2D eigenvalue weighted by Crippen LogP contribution is 2.29. The monoisotopic (exact) mass is 472 g/mol. The number of hydrogen-bond donors (Lipinski definition) is 1. The van der Waals surface area contributed by atoms with Crippen molar-refractivity contribution in [3.05, 3.63) is 102 Å². The van der Waals surface area contributed by atoms with Gasteiger partial charge in [-0.15, -0.1) is 0 Å². The average Bonchev–Trinajstić information content (AvgIpc) is 2.89. The van der Waals surface area contributed by atoms with Crippen LogP contribution in [0, 0.1) is 5.92 Å². The van der Waals surface area contributed by atoms with Gasteiger partial charge in [-0.05, 0) is 41.7 Å². The van der Waals surface area contributed by atoms with Crippen LogP contribution in [0.2, 0.25) is 0 Å². The molecular formula is C30H36N2O3. The fourth-order valence-corrected chi connectivity index (χ4v) is 4.05. The van der Waals surface area contributed by atoms with E-state index < -0.39 is 6.04 Å². The number of nitrogens with one attached hydrogen (secondary N) is 1. The fraction of sp³-hybridized carbons (Fsp3) is 0.333. The first-order valence-corrected chi connectivity index (χ1v) is 12.2. The lowest BCUT2D eigenvalue weighted by Gasteiger charge is -2.31. The van der Waals surface area contributed by atoms with Gasteiger partial charge in [-0.1, -0.05) is 86.6 Å². The molecule has 5 nitrogen and oxygen atoms in total. The molecule has 184 valence electrons. The van der Waals surface area contributed by atoms with Gasteiger partial charge in [0.25, 0.3) is 0 Å². The summed E-state index contributed by atoms with van der Waals surface area (Å²) < 4.78 is 5.27. The molecule has 1 atom stereocenters. The van der Waals surface area contributed by atoms with Gasteiger partial charge in [0, 0.05) is 25.4 Å². The van der Waals surface area contributed by atoms with E-state index in [2.05, 4.69) is 43.4 Å². The Kier molecular flexibility index (Phi) is 9.47. The van der Waals surface area contributed by atoms with E-state index in [1.165, 1.54) is 0 Å². The normalized spacial score (nSPS) is 11.8. The summed E-state index contributed by atoms with van der Waals surface area (Å²) in [6, 6.07) is 27.2. The second kappa shape index (κ2) is 12.7.